The van der Waals surface area contributed by atoms with Crippen LogP contribution in [0.5, 0.6) is 0 Å². The van der Waals surface area contributed by atoms with Crippen LogP contribution in [-0.4, -0.2) is 11.1 Å². The molecule has 2 aromatic carbocycles. The van der Waals surface area contributed by atoms with Gasteiger partial charge in [0.05, 0.1) is 5.56 Å². The van der Waals surface area contributed by atoms with E-state index in [1.807, 2.05) is 36.4 Å². The van der Waals surface area contributed by atoms with Crippen molar-refractivity contribution in [2.45, 2.75) is 14.7 Å². The lowest BCUT2D eigenvalue weighted by molar-refractivity contribution is 0.0693. The van der Waals surface area contributed by atoms with Crippen molar-refractivity contribution in [1.29, 1.82) is 0 Å². The van der Waals surface area contributed by atoms with Gasteiger partial charge in [-0.25, -0.2) is 4.79 Å². The summed E-state index contributed by atoms with van der Waals surface area (Å²) in [7, 11) is 0. The molecule has 0 saturated heterocycles. The van der Waals surface area contributed by atoms with Gasteiger partial charge in [-0.05, 0) is 36.4 Å². The Morgan fingerprint density at radius 3 is 2.35 bits per heavy atom. The van der Waals surface area contributed by atoms with E-state index in [1.165, 1.54) is 11.8 Å². The summed E-state index contributed by atoms with van der Waals surface area (Å²) in [5.74, 6) is -0.904. The monoisotopic (exact) mass is 262 g/mol. The van der Waals surface area contributed by atoms with Gasteiger partial charge in [0.2, 0.25) is 0 Å². The summed E-state index contributed by atoms with van der Waals surface area (Å²) in [6.07, 6.45) is 0. The molecule has 0 saturated carbocycles. The predicted molar refractivity (Wildman–Crippen MR) is 71.2 cm³/mol. The van der Waals surface area contributed by atoms with Crippen LogP contribution in [0.25, 0.3) is 0 Å². The van der Waals surface area contributed by atoms with Crippen LogP contribution in [0.4, 0.5) is 0 Å². The Labute approximate surface area is 109 Å². The molecule has 0 bridgehead atoms. The number of thiol groups is 1. The minimum Gasteiger partial charge on any atom is -0.478 e. The molecular formula is C13H10O2S2. The molecule has 0 amide bonds. The second kappa shape index (κ2) is 5.29. The fraction of sp³-hybridized carbons (Fsp3) is 0. The predicted octanol–water partition coefficient (Wildman–Crippen LogP) is 3.82. The molecule has 4 heteroatoms. The molecule has 2 nitrogen and oxygen atoms in total. The first-order valence-corrected chi connectivity index (χ1v) is 6.22. The topological polar surface area (TPSA) is 37.3 Å². The molecule has 0 aliphatic heterocycles. The Kier molecular flexibility index (Phi) is 3.76. The van der Waals surface area contributed by atoms with Crippen LogP contribution in [0.1, 0.15) is 10.4 Å². The number of carbonyl (C=O) groups is 1. The quantitative estimate of drug-likeness (QED) is 0.826. The highest BCUT2D eigenvalue weighted by Gasteiger charge is 2.09. The average molecular weight is 262 g/mol. The maximum Gasteiger partial charge on any atom is 0.336 e. The fourth-order valence-electron chi connectivity index (χ4n) is 1.37. The van der Waals surface area contributed by atoms with Crippen LogP contribution in [-0.2, 0) is 0 Å². The zero-order valence-corrected chi connectivity index (χ0v) is 10.5. The van der Waals surface area contributed by atoms with Crippen molar-refractivity contribution in [3.05, 3.63) is 54.1 Å². The molecule has 0 aliphatic carbocycles. The first kappa shape index (κ1) is 12.1. The number of hydrogen-bond acceptors (Lipinski definition) is 3. The highest BCUT2D eigenvalue weighted by molar-refractivity contribution is 7.99. The third-order valence-electron chi connectivity index (χ3n) is 2.18. The highest BCUT2D eigenvalue weighted by Crippen LogP contribution is 2.30. The molecule has 0 atom stereocenters. The maximum atomic E-state index is 11.0. The normalized spacial score (nSPS) is 10.2. The summed E-state index contributed by atoms with van der Waals surface area (Å²) in [6, 6.07) is 14.6. The van der Waals surface area contributed by atoms with E-state index in [-0.39, 0.29) is 0 Å². The van der Waals surface area contributed by atoms with E-state index in [9.17, 15) is 4.79 Å². The zero-order valence-electron chi connectivity index (χ0n) is 8.83. The molecule has 1 N–H and O–H groups in total. The summed E-state index contributed by atoms with van der Waals surface area (Å²) in [5.41, 5.74) is 0.326. The molecule has 86 valence electrons. The number of rotatable bonds is 3. The van der Waals surface area contributed by atoms with E-state index in [1.54, 1.807) is 12.1 Å². The maximum absolute atomic E-state index is 11.0. The smallest absolute Gasteiger partial charge is 0.336 e. The van der Waals surface area contributed by atoms with E-state index < -0.39 is 5.97 Å². The SMILES string of the molecule is O=C(O)c1ccccc1Sc1ccc(S)cc1. The molecule has 0 spiro atoms. The number of benzene rings is 2. The van der Waals surface area contributed by atoms with Gasteiger partial charge in [0.15, 0.2) is 0 Å². The van der Waals surface area contributed by atoms with Crippen molar-refractivity contribution in [3.8, 4) is 0 Å². The van der Waals surface area contributed by atoms with Gasteiger partial charge in [0, 0.05) is 14.7 Å². The van der Waals surface area contributed by atoms with E-state index in [0.717, 1.165) is 14.7 Å². The lowest BCUT2D eigenvalue weighted by Gasteiger charge is -2.05. The van der Waals surface area contributed by atoms with Crippen molar-refractivity contribution in [1.82, 2.24) is 0 Å². The van der Waals surface area contributed by atoms with Gasteiger partial charge in [-0.2, -0.15) is 0 Å². The summed E-state index contributed by atoms with van der Waals surface area (Å²) in [6.45, 7) is 0. The molecule has 2 rings (SSSR count). The average Bonchev–Trinajstić information content (AvgIpc) is 2.32. The van der Waals surface area contributed by atoms with Crippen molar-refractivity contribution in [2.24, 2.45) is 0 Å². The van der Waals surface area contributed by atoms with Crippen LogP contribution in [0.15, 0.2) is 63.2 Å². The summed E-state index contributed by atoms with van der Waals surface area (Å²) >= 11 is 5.64. The van der Waals surface area contributed by atoms with Gasteiger partial charge in [0.25, 0.3) is 0 Å². The Bertz CT molecular complexity index is 535. The Balaban J connectivity index is 2.30. The Morgan fingerprint density at radius 2 is 1.71 bits per heavy atom. The van der Waals surface area contributed by atoms with Crippen molar-refractivity contribution in [2.75, 3.05) is 0 Å². The standard InChI is InChI=1S/C13H10O2S2/c14-13(15)11-3-1-2-4-12(11)17-10-7-5-9(16)6-8-10/h1-8,16H,(H,14,15). The van der Waals surface area contributed by atoms with E-state index in [0.29, 0.717) is 5.56 Å². The molecule has 2 aromatic rings. The third-order valence-corrected chi connectivity index (χ3v) is 3.56. The number of carboxylic acid groups (broad SMARTS) is 1. The van der Waals surface area contributed by atoms with Gasteiger partial charge in [-0.15, -0.1) is 12.6 Å². The minimum atomic E-state index is -0.904. The molecule has 0 unspecified atom stereocenters. The van der Waals surface area contributed by atoms with Crippen LogP contribution in [0.2, 0.25) is 0 Å². The van der Waals surface area contributed by atoms with Crippen molar-refractivity contribution >= 4 is 30.4 Å². The van der Waals surface area contributed by atoms with Gasteiger partial charge in [0.1, 0.15) is 0 Å². The van der Waals surface area contributed by atoms with Gasteiger partial charge >= 0.3 is 5.97 Å². The molecule has 0 heterocycles. The molecule has 17 heavy (non-hydrogen) atoms. The van der Waals surface area contributed by atoms with Crippen molar-refractivity contribution < 1.29 is 9.90 Å². The molecule has 0 aromatic heterocycles. The van der Waals surface area contributed by atoms with Gasteiger partial charge in [-0.1, -0.05) is 23.9 Å². The summed E-state index contributed by atoms with van der Waals surface area (Å²) < 4.78 is 0. The van der Waals surface area contributed by atoms with Crippen molar-refractivity contribution in [3.63, 3.8) is 0 Å². The van der Waals surface area contributed by atoms with E-state index in [4.69, 9.17) is 5.11 Å². The Hall–Kier alpha value is -1.39. The first-order valence-electron chi connectivity index (χ1n) is 4.96. The summed E-state index contributed by atoms with van der Waals surface area (Å²) in [5, 5.41) is 9.06. The second-order valence-corrected chi connectivity index (χ2v) is 5.03. The minimum absolute atomic E-state index is 0.326. The number of aromatic carboxylic acids is 1. The Morgan fingerprint density at radius 1 is 1.06 bits per heavy atom. The van der Waals surface area contributed by atoms with Crippen LogP contribution >= 0.6 is 24.4 Å². The largest absolute Gasteiger partial charge is 0.478 e. The van der Waals surface area contributed by atoms with Gasteiger partial charge < -0.3 is 5.11 Å². The highest BCUT2D eigenvalue weighted by atomic mass is 32.2. The lowest BCUT2D eigenvalue weighted by Crippen LogP contribution is -1.97. The number of carboxylic acids is 1. The van der Waals surface area contributed by atoms with Crippen LogP contribution < -0.4 is 0 Å². The molecule has 0 aliphatic rings. The first-order chi connectivity index (χ1) is 8.16. The molecule has 0 radical (unpaired) electrons. The van der Waals surface area contributed by atoms with Crippen LogP contribution in [0, 0.1) is 0 Å². The van der Waals surface area contributed by atoms with E-state index >= 15 is 0 Å². The lowest BCUT2D eigenvalue weighted by atomic mass is 10.2. The van der Waals surface area contributed by atoms with Gasteiger partial charge in [-0.3, -0.25) is 0 Å². The molecular weight excluding hydrogens is 252 g/mol. The summed E-state index contributed by atoms with van der Waals surface area (Å²) in [4.78, 5) is 13.7. The molecule has 0 fully saturated rings. The number of hydrogen-bond donors (Lipinski definition) is 2. The third kappa shape index (κ3) is 3.05. The van der Waals surface area contributed by atoms with E-state index in [2.05, 4.69) is 12.6 Å². The second-order valence-electron chi connectivity index (χ2n) is 3.40. The fourth-order valence-corrected chi connectivity index (χ4v) is 2.46. The van der Waals surface area contributed by atoms with Crippen LogP contribution in [0.3, 0.4) is 0 Å². The zero-order chi connectivity index (χ0) is 12.3.